The van der Waals surface area contributed by atoms with Crippen LogP contribution in [0, 0.1) is 11.6 Å². The van der Waals surface area contributed by atoms with E-state index in [1.807, 2.05) is 0 Å². The predicted octanol–water partition coefficient (Wildman–Crippen LogP) is 4.14. The van der Waals surface area contributed by atoms with Crippen LogP contribution in [0.4, 0.5) is 8.78 Å². The van der Waals surface area contributed by atoms with Gasteiger partial charge in [0, 0.05) is 11.7 Å². The molecule has 0 radical (unpaired) electrons. The quantitative estimate of drug-likeness (QED) is 0.808. The summed E-state index contributed by atoms with van der Waals surface area (Å²) in [7, 11) is 0. The Bertz CT molecular complexity index is 442. The van der Waals surface area contributed by atoms with Crippen LogP contribution in [0.2, 0.25) is 0 Å². The van der Waals surface area contributed by atoms with Gasteiger partial charge in [-0.05, 0) is 36.6 Å². The van der Waals surface area contributed by atoms with Crippen molar-refractivity contribution in [1.82, 2.24) is 0 Å². The van der Waals surface area contributed by atoms with E-state index in [0.29, 0.717) is 11.0 Å². The van der Waals surface area contributed by atoms with Gasteiger partial charge < -0.3 is 0 Å². The molecular weight excluding hydrogens is 266 g/mol. The topological polar surface area (TPSA) is 17.1 Å². The zero-order valence-electron chi connectivity index (χ0n) is 10.8. The van der Waals surface area contributed by atoms with E-state index in [9.17, 15) is 13.6 Å². The molecule has 0 aromatic heterocycles. The van der Waals surface area contributed by atoms with Crippen LogP contribution in [0.5, 0.6) is 0 Å². The fourth-order valence-electron chi connectivity index (χ4n) is 2.38. The molecule has 1 fully saturated rings. The third-order valence-electron chi connectivity index (χ3n) is 3.43. The Morgan fingerprint density at radius 2 is 1.95 bits per heavy atom. The van der Waals surface area contributed by atoms with Gasteiger partial charge in [-0.3, -0.25) is 4.79 Å². The highest BCUT2D eigenvalue weighted by atomic mass is 32.2. The summed E-state index contributed by atoms with van der Waals surface area (Å²) in [5.41, 5.74) is 0.161. The lowest BCUT2D eigenvalue weighted by Crippen LogP contribution is -2.14. The maximum atomic E-state index is 13.4. The zero-order chi connectivity index (χ0) is 13.7. The van der Waals surface area contributed by atoms with Crippen LogP contribution in [0.1, 0.15) is 37.7 Å². The Hall–Kier alpha value is -0.900. The van der Waals surface area contributed by atoms with Crippen molar-refractivity contribution in [2.75, 3.05) is 5.75 Å². The standard InChI is InChI=1S/C15H18F2OS/c16-12-6-7-15(17)11(8-12)9-13(18)10-19-14-4-2-1-3-5-14/h6-8,14H,1-5,9-10H2. The molecule has 1 aromatic carbocycles. The largest absolute Gasteiger partial charge is 0.298 e. The summed E-state index contributed by atoms with van der Waals surface area (Å²) < 4.78 is 26.4. The summed E-state index contributed by atoms with van der Waals surface area (Å²) in [6.45, 7) is 0. The Kier molecular flexibility index (Phi) is 5.37. The summed E-state index contributed by atoms with van der Waals surface area (Å²) in [6.07, 6.45) is 6.11. The molecule has 1 aliphatic carbocycles. The smallest absolute Gasteiger partial charge is 0.147 e. The molecule has 0 atom stereocenters. The maximum Gasteiger partial charge on any atom is 0.147 e. The highest BCUT2D eigenvalue weighted by Crippen LogP contribution is 2.28. The minimum Gasteiger partial charge on any atom is -0.298 e. The van der Waals surface area contributed by atoms with Crippen molar-refractivity contribution >= 4 is 17.5 Å². The second-order valence-electron chi connectivity index (χ2n) is 5.02. The summed E-state index contributed by atoms with van der Waals surface area (Å²) in [5, 5.41) is 0.565. The molecule has 0 saturated heterocycles. The Morgan fingerprint density at radius 3 is 2.68 bits per heavy atom. The first-order valence-corrected chi connectivity index (χ1v) is 7.77. The highest BCUT2D eigenvalue weighted by molar-refractivity contribution is 8.00. The molecule has 0 amide bonds. The Balaban J connectivity index is 1.81. The lowest BCUT2D eigenvalue weighted by Gasteiger charge is -2.20. The number of hydrogen-bond acceptors (Lipinski definition) is 2. The molecular formula is C15H18F2OS. The fraction of sp³-hybridized carbons (Fsp3) is 0.533. The van der Waals surface area contributed by atoms with Crippen LogP contribution >= 0.6 is 11.8 Å². The number of thioether (sulfide) groups is 1. The molecule has 0 heterocycles. The van der Waals surface area contributed by atoms with Gasteiger partial charge in [-0.15, -0.1) is 0 Å². The molecule has 1 aromatic rings. The monoisotopic (exact) mass is 284 g/mol. The second-order valence-corrected chi connectivity index (χ2v) is 6.31. The number of ketones is 1. The molecule has 104 valence electrons. The summed E-state index contributed by atoms with van der Waals surface area (Å²) >= 11 is 1.67. The Morgan fingerprint density at radius 1 is 1.21 bits per heavy atom. The molecule has 4 heteroatoms. The first-order valence-electron chi connectivity index (χ1n) is 6.72. The highest BCUT2D eigenvalue weighted by Gasteiger charge is 2.16. The van der Waals surface area contributed by atoms with Crippen molar-refractivity contribution in [2.45, 2.75) is 43.8 Å². The van der Waals surface area contributed by atoms with Crippen LogP contribution in [-0.4, -0.2) is 16.8 Å². The van der Waals surface area contributed by atoms with Crippen molar-refractivity contribution in [3.63, 3.8) is 0 Å². The SMILES string of the molecule is O=C(CSC1CCCCC1)Cc1cc(F)ccc1F. The van der Waals surface area contributed by atoms with Gasteiger partial charge in [0.15, 0.2) is 0 Å². The van der Waals surface area contributed by atoms with Crippen molar-refractivity contribution in [2.24, 2.45) is 0 Å². The first-order chi connectivity index (χ1) is 9.15. The fourth-order valence-corrected chi connectivity index (χ4v) is 3.58. The third kappa shape index (κ3) is 4.60. The summed E-state index contributed by atoms with van der Waals surface area (Å²) in [4.78, 5) is 11.8. The average molecular weight is 284 g/mol. The maximum absolute atomic E-state index is 13.4. The van der Waals surface area contributed by atoms with Crippen LogP contribution in [0.25, 0.3) is 0 Å². The number of Topliss-reactive ketones (excluding diaryl/α,β-unsaturated/α-hetero) is 1. The van der Waals surface area contributed by atoms with E-state index in [2.05, 4.69) is 0 Å². The predicted molar refractivity (Wildman–Crippen MR) is 74.4 cm³/mol. The number of benzene rings is 1. The lowest BCUT2D eigenvalue weighted by molar-refractivity contribution is -0.116. The van der Waals surface area contributed by atoms with Gasteiger partial charge in [-0.2, -0.15) is 11.8 Å². The van der Waals surface area contributed by atoms with E-state index >= 15 is 0 Å². The molecule has 0 spiro atoms. The molecule has 19 heavy (non-hydrogen) atoms. The number of halogens is 2. The molecule has 0 N–H and O–H groups in total. The van der Waals surface area contributed by atoms with Gasteiger partial charge in [0.2, 0.25) is 0 Å². The van der Waals surface area contributed by atoms with Crippen molar-refractivity contribution < 1.29 is 13.6 Å². The summed E-state index contributed by atoms with van der Waals surface area (Å²) in [5.74, 6) is -0.623. The molecule has 1 nitrogen and oxygen atoms in total. The van der Waals surface area contributed by atoms with Gasteiger partial charge in [0.1, 0.15) is 17.4 Å². The van der Waals surface area contributed by atoms with Crippen molar-refractivity contribution in [3.05, 3.63) is 35.4 Å². The number of carbonyl (C=O) groups is 1. The summed E-state index contributed by atoms with van der Waals surface area (Å²) in [6, 6.07) is 3.25. The molecule has 0 aliphatic heterocycles. The van der Waals surface area contributed by atoms with E-state index in [1.54, 1.807) is 11.8 Å². The normalized spacial score (nSPS) is 16.5. The van der Waals surface area contributed by atoms with E-state index in [0.717, 1.165) is 18.2 Å². The van der Waals surface area contributed by atoms with Crippen molar-refractivity contribution in [1.29, 1.82) is 0 Å². The van der Waals surface area contributed by atoms with Gasteiger partial charge in [0.25, 0.3) is 0 Å². The molecule has 2 rings (SSSR count). The first kappa shape index (κ1) is 14.5. The van der Waals surface area contributed by atoms with Crippen LogP contribution < -0.4 is 0 Å². The molecule has 0 bridgehead atoms. The third-order valence-corrected chi connectivity index (χ3v) is 4.86. The van der Waals surface area contributed by atoms with Crippen LogP contribution in [-0.2, 0) is 11.2 Å². The lowest BCUT2D eigenvalue weighted by atomic mass is 10.0. The van der Waals surface area contributed by atoms with Crippen LogP contribution in [0.15, 0.2) is 18.2 Å². The van der Waals surface area contributed by atoms with Gasteiger partial charge >= 0.3 is 0 Å². The van der Waals surface area contributed by atoms with E-state index < -0.39 is 11.6 Å². The number of rotatable bonds is 5. The minimum absolute atomic E-state index is 0.0106. The molecule has 0 unspecified atom stereocenters. The molecule has 1 saturated carbocycles. The van der Waals surface area contributed by atoms with Gasteiger partial charge in [0.05, 0.1) is 5.75 Å². The van der Waals surface area contributed by atoms with Crippen LogP contribution in [0.3, 0.4) is 0 Å². The second kappa shape index (κ2) is 7.04. The van der Waals surface area contributed by atoms with E-state index in [4.69, 9.17) is 0 Å². The minimum atomic E-state index is -0.502. The average Bonchev–Trinajstić information content (AvgIpc) is 2.42. The molecule has 1 aliphatic rings. The van der Waals surface area contributed by atoms with Gasteiger partial charge in [-0.1, -0.05) is 19.3 Å². The number of hydrogen-bond donors (Lipinski definition) is 0. The number of carbonyl (C=O) groups excluding carboxylic acids is 1. The Labute approximate surface area is 116 Å². The van der Waals surface area contributed by atoms with E-state index in [1.165, 1.54) is 32.1 Å². The van der Waals surface area contributed by atoms with E-state index in [-0.39, 0.29) is 17.8 Å². The van der Waals surface area contributed by atoms with Crippen molar-refractivity contribution in [3.8, 4) is 0 Å². The zero-order valence-corrected chi connectivity index (χ0v) is 11.6. The van der Waals surface area contributed by atoms with Gasteiger partial charge in [-0.25, -0.2) is 8.78 Å².